The Morgan fingerprint density at radius 2 is 2.00 bits per heavy atom. The van der Waals surface area contributed by atoms with Crippen LogP contribution in [0.4, 0.5) is 0 Å². The summed E-state index contributed by atoms with van der Waals surface area (Å²) >= 11 is 8.00. The summed E-state index contributed by atoms with van der Waals surface area (Å²) in [6.07, 6.45) is 2.34. The van der Waals surface area contributed by atoms with E-state index in [1.807, 2.05) is 43.0 Å². The second kappa shape index (κ2) is 6.81. The van der Waals surface area contributed by atoms with E-state index in [-0.39, 0.29) is 6.04 Å². The van der Waals surface area contributed by atoms with Crippen molar-refractivity contribution in [3.8, 4) is 0 Å². The summed E-state index contributed by atoms with van der Waals surface area (Å²) in [6, 6.07) is 8.27. The highest BCUT2D eigenvalue weighted by Gasteiger charge is 2.24. The highest BCUT2D eigenvalue weighted by molar-refractivity contribution is 7.99. The standard InChI is InChI=1S/C15H18ClN3OS/c1-10-17-15(19-20-10)14(11-2-4-12(16)5-3-11)18-13-6-8-21-9-7-13/h2-5,13-14,18H,6-9H2,1H3/t14-/m0/s1. The average molecular weight is 324 g/mol. The van der Waals surface area contributed by atoms with Gasteiger partial charge in [-0.1, -0.05) is 28.9 Å². The monoisotopic (exact) mass is 323 g/mol. The Labute approximate surface area is 133 Å². The van der Waals surface area contributed by atoms with Crippen molar-refractivity contribution in [2.45, 2.75) is 31.8 Å². The van der Waals surface area contributed by atoms with Gasteiger partial charge in [-0.2, -0.15) is 16.7 Å². The van der Waals surface area contributed by atoms with Gasteiger partial charge in [0.05, 0.1) is 6.04 Å². The molecule has 1 aromatic carbocycles. The molecule has 1 aromatic heterocycles. The summed E-state index contributed by atoms with van der Waals surface area (Å²) in [5.74, 6) is 3.69. The van der Waals surface area contributed by atoms with Crippen molar-refractivity contribution >= 4 is 23.4 Å². The first-order valence-electron chi connectivity index (χ1n) is 7.12. The molecule has 1 atom stereocenters. The van der Waals surface area contributed by atoms with Gasteiger partial charge in [-0.05, 0) is 42.0 Å². The zero-order valence-electron chi connectivity index (χ0n) is 11.9. The normalized spacial score (nSPS) is 17.8. The number of benzene rings is 1. The third kappa shape index (κ3) is 3.78. The van der Waals surface area contributed by atoms with Gasteiger partial charge >= 0.3 is 0 Å². The summed E-state index contributed by atoms with van der Waals surface area (Å²) in [5, 5.41) is 8.51. The van der Waals surface area contributed by atoms with Crippen LogP contribution in [0.5, 0.6) is 0 Å². The van der Waals surface area contributed by atoms with Crippen LogP contribution in [0.25, 0.3) is 0 Å². The molecule has 1 aliphatic rings. The predicted octanol–water partition coefficient (Wildman–Crippen LogP) is 3.61. The second-order valence-corrected chi connectivity index (χ2v) is 6.87. The highest BCUT2D eigenvalue weighted by Crippen LogP contribution is 2.25. The van der Waals surface area contributed by atoms with Crippen molar-refractivity contribution in [2.75, 3.05) is 11.5 Å². The van der Waals surface area contributed by atoms with Crippen molar-refractivity contribution in [2.24, 2.45) is 0 Å². The van der Waals surface area contributed by atoms with E-state index in [9.17, 15) is 0 Å². The van der Waals surface area contributed by atoms with Crippen LogP contribution in [0.15, 0.2) is 28.8 Å². The number of hydrogen-bond donors (Lipinski definition) is 1. The van der Waals surface area contributed by atoms with Crippen LogP contribution in [0, 0.1) is 6.92 Å². The Hall–Kier alpha value is -1.04. The molecule has 1 fully saturated rings. The maximum absolute atomic E-state index is 5.99. The Bertz CT molecular complexity index is 581. The smallest absolute Gasteiger partial charge is 0.223 e. The van der Waals surface area contributed by atoms with Gasteiger partial charge in [0, 0.05) is 18.0 Å². The third-order valence-corrected chi connectivity index (χ3v) is 4.93. The molecule has 0 bridgehead atoms. The lowest BCUT2D eigenvalue weighted by atomic mass is 10.0. The van der Waals surface area contributed by atoms with Gasteiger partial charge in [-0.15, -0.1) is 0 Å². The first-order valence-corrected chi connectivity index (χ1v) is 8.65. The van der Waals surface area contributed by atoms with Crippen molar-refractivity contribution in [1.29, 1.82) is 0 Å². The molecule has 4 nitrogen and oxygen atoms in total. The number of nitrogens with one attached hydrogen (secondary N) is 1. The van der Waals surface area contributed by atoms with Gasteiger partial charge in [0.1, 0.15) is 0 Å². The predicted molar refractivity (Wildman–Crippen MR) is 85.8 cm³/mol. The van der Waals surface area contributed by atoms with Gasteiger partial charge in [0.2, 0.25) is 5.89 Å². The highest BCUT2D eigenvalue weighted by atomic mass is 35.5. The number of nitrogens with zero attached hydrogens (tertiary/aromatic N) is 2. The molecule has 21 heavy (non-hydrogen) atoms. The fourth-order valence-electron chi connectivity index (χ4n) is 2.51. The van der Waals surface area contributed by atoms with Crippen molar-refractivity contribution in [3.05, 3.63) is 46.6 Å². The van der Waals surface area contributed by atoms with E-state index in [4.69, 9.17) is 16.1 Å². The molecule has 1 N–H and O–H groups in total. The van der Waals surface area contributed by atoms with Crippen LogP contribution in [-0.4, -0.2) is 27.7 Å². The molecule has 0 saturated carbocycles. The lowest BCUT2D eigenvalue weighted by Gasteiger charge is -2.27. The number of thioether (sulfide) groups is 1. The van der Waals surface area contributed by atoms with Crippen LogP contribution in [0.3, 0.4) is 0 Å². The number of rotatable bonds is 4. The topological polar surface area (TPSA) is 51.0 Å². The van der Waals surface area contributed by atoms with E-state index in [1.54, 1.807) is 0 Å². The molecule has 0 aliphatic carbocycles. The zero-order valence-corrected chi connectivity index (χ0v) is 13.5. The van der Waals surface area contributed by atoms with Crippen molar-refractivity contribution in [3.63, 3.8) is 0 Å². The summed E-state index contributed by atoms with van der Waals surface area (Å²) in [4.78, 5) is 4.40. The van der Waals surface area contributed by atoms with Crippen LogP contribution in [0.2, 0.25) is 5.02 Å². The molecule has 3 rings (SSSR count). The minimum absolute atomic E-state index is 0.0483. The van der Waals surface area contributed by atoms with E-state index in [2.05, 4.69) is 15.5 Å². The van der Waals surface area contributed by atoms with Gasteiger partial charge in [0.15, 0.2) is 5.82 Å². The Morgan fingerprint density at radius 1 is 1.29 bits per heavy atom. The average Bonchev–Trinajstić information content (AvgIpc) is 2.93. The summed E-state index contributed by atoms with van der Waals surface area (Å²) in [6.45, 7) is 1.81. The summed E-state index contributed by atoms with van der Waals surface area (Å²) < 4.78 is 5.15. The van der Waals surface area contributed by atoms with Crippen molar-refractivity contribution in [1.82, 2.24) is 15.5 Å². The molecular weight excluding hydrogens is 306 g/mol. The van der Waals surface area contributed by atoms with Gasteiger partial charge in [0.25, 0.3) is 0 Å². The van der Waals surface area contributed by atoms with E-state index >= 15 is 0 Å². The van der Waals surface area contributed by atoms with Gasteiger partial charge in [-0.3, -0.25) is 0 Å². The zero-order chi connectivity index (χ0) is 14.7. The fraction of sp³-hybridized carbons (Fsp3) is 0.467. The summed E-state index contributed by atoms with van der Waals surface area (Å²) in [7, 11) is 0. The first kappa shape index (κ1) is 14.9. The molecule has 2 heterocycles. The lowest BCUT2D eigenvalue weighted by molar-refractivity contribution is 0.373. The molecule has 6 heteroatoms. The SMILES string of the molecule is Cc1nc([C@@H](NC2CCSCC2)c2ccc(Cl)cc2)no1. The van der Waals surface area contributed by atoms with Crippen LogP contribution < -0.4 is 5.32 Å². The quantitative estimate of drug-likeness (QED) is 0.931. The van der Waals surface area contributed by atoms with Crippen molar-refractivity contribution < 1.29 is 4.52 Å². The minimum atomic E-state index is -0.0483. The molecule has 112 valence electrons. The maximum atomic E-state index is 5.99. The molecule has 1 aliphatic heterocycles. The van der Waals surface area contributed by atoms with Crippen LogP contribution in [-0.2, 0) is 0 Å². The Morgan fingerprint density at radius 3 is 2.62 bits per heavy atom. The largest absolute Gasteiger partial charge is 0.340 e. The molecule has 0 unspecified atom stereocenters. The molecule has 0 radical (unpaired) electrons. The molecule has 0 spiro atoms. The summed E-state index contributed by atoms with van der Waals surface area (Å²) in [5.41, 5.74) is 1.11. The maximum Gasteiger partial charge on any atom is 0.223 e. The Balaban J connectivity index is 1.84. The Kier molecular flexibility index (Phi) is 4.83. The van der Waals surface area contributed by atoms with Crippen LogP contribution >= 0.6 is 23.4 Å². The number of halogens is 1. The fourth-order valence-corrected chi connectivity index (χ4v) is 3.74. The molecule has 1 saturated heterocycles. The number of aryl methyl sites for hydroxylation is 1. The first-order chi connectivity index (χ1) is 10.2. The van der Waals surface area contributed by atoms with E-state index in [0.717, 1.165) is 10.6 Å². The van der Waals surface area contributed by atoms with Gasteiger partial charge < -0.3 is 9.84 Å². The minimum Gasteiger partial charge on any atom is -0.340 e. The van der Waals surface area contributed by atoms with Gasteiger partial charge in [-0.25, -0.2) is 0 Å². The van der Waals surface area contributed by atoms with E-state index < -0.39 is 0 Å². The van der Waals surface area contributed by atoms with Crippen LogP contribution in [0.1, 0.15) is 36.2 Å². The van der Waals surface area contributed by atoms with E-state index in [1.165, 1.54) is 24.3 Å². The molecule has 0 amide bonds. The molecule has 2 aromatic rings. The third-order valence-electron chi connectivity index (χ3n) is 3.63. The lowest BCUT2D eigenvalue weighted by Crippen LogP contribution is -2.36. The number of hydrogen-bond acceptors (Lipinski definition) is 5. The second-order valence-electron chi connectivity index (χ2n) is 5.21. The molecular formula is C15H18ClN3OS. The number of aromatic nitrogens is 2. The van der Waals surface area contributed by atoms with E-state index in [0.29, 0.717) is 17.8 Å².